The molecule has 0 saturated heterocycles. The van der Waals surface area contributed by atoms with E-state index < -0.39 is 4.92 Å². The second kappa shape index (κ2) is 6.83. The van der Waals surface area contributed by atoms with Crippen LogP contribution in [-0.2, 0) is 13.1 Å². The molecule has 0 amide bonds. The van der Waals surface area contributed by atoms with Gasteiger partial charge in [-0.1, -0.05) is 30.7 Å². The molecule has 1 heterocycles. The molecule has 4 nitrogen and oxygen atoms in total. The van der Waals surface area contributed by atoms with Crippen LogP contribution in [0.5, 0.6) is 0 Å². The van der Waals surface area contributed by atoms with Crippen molar-refractivity contribution in [2.45, 2.75) is 20.0 Å². The number of nitro groups is 1. The standard InChI is InChI=1S/C14H15ClN2O2S/c1-2-16(10-12-4-3-7-20-12)9-11-5-6-13(15)14(8-11)17(18)19/h3-8H,2,9-10H2,1H3. The first-order valence-corrected chi connectivity index (χ1v) is 7.53. The van der Waals surface area contributed by atoms with Gasteiger partial charge in [-0.15, -0.1) is 11.3 Å². The third kappa shape index (κ3) is 3.79. The molecule has 0 N–H and O–H groups in total. The first kappa shape index (κ1) is 15.0. The Hall–Kier alpha value is -1.43. The third-order valence-electron chi connectivity index (χ3n) is 3.02. The summed E-state index contributed by atoms with van der Waals surface area (Å²) < 4.78 is 0. The average molecular weight is 311 g/mol. The molecule has 0 bridgehead atoms. The van der Waals surface area contributed by atoms with Crippen LogP contribution in [0.4, 0.5) is 5.69 Å². The SMILES string of the molecule is CCN(Cc1ccc(Cl)c([N+](=O)[O-])c1)Cc1cccs1. The van der Waals surface area contributed by atoms with Crippen molar-refractivity contribution in [1.82, 2.24) is 4.90 Å². The lowest BCUT2D eigenvalue weighted by atomic mass is 10.2. The molecule has 0 unspecified atom stereocenters. The van der Waals surface area contributed by atoms with Crippen molar-refractivity contribution < 1.29 is 4.92 Å². The summed E-state index contributed by atoms with van der Waals surface area (Å²) in [6.07, 6.45) is 0. The van der Waals surface area contributed by atoms with Gasteiger partial charge in [0.15, 0.2) is 0 Å². The number of benzene rings is 1. The summed E-state index contributed by atoms with van der Waals surface area (Å²) in [7, 11) is 0. The summed E-state index contributed by atoms with van der Waals surface area (Å²) in [5.74, 6) is 0. The lowest BCUT2D eigenvalue weighted by Gasteiger charge is -2.19. The molecule has 2 aromatic rings. The van der Waals surface area contributed by atoms with Gasteiger partial charge in [-0.05, 0) is 29.6 Å². The number of hydrogen-bond acceptors (Lipinski definition) is 4. The van der Waals surface area contributed by atoms with E-state index in [-0.39, 0.29) is 10.7 Å². The van der Waals surface area contributed by atoms with Crippen LogP contribution in [0.25, 0.3) is 0 Å². The first-order valence-electron chi connectivity index (χ1n) is 6.27. The van der Waals surface area contributed by atoms with Gasteiger partial charge in [0.05, 0.1) is 4.92 Å². The summed E-state index contributed by atoms with van der Waals surface area (Å²) in [5.41, 5.74) is 0.871. The number of nitro benzene ring substituents is 1. The molecule has 0 aliphatic carbocycles. The average Bonchev–Trinajstić information content (AvgIpc) is 2.92. The second-order valence-corrected chi connectivity index (χ2v) is 5.86. The molecule has 0 spiro atoms. The highest BCUT2D eigenvalue weighted by Crippen LogP contribution is 2.26. The van der Waals surface area contributed by atoms with Crippen LogP contribution in [0.2, 0.25) is 5.02 Å². The molecule has 1 aromatic heterocycles. The van der Waals surface area contributed by atoms with Crippen molar-refractivity contribution in [2.24, 2.45) is 0 Å². The molecule has 0 radical (unpaired) electrons. The minimum Gasteiger partial charge on any atom is -0.294 e. The zero-order valence-corrected chi connectivity index (χ0v) is 12.7. The van der Waals surface area contributed by atoms with Gasteiger partial charge in [0.2, 0.25) is 0 Å². The van der Waals surface area contributed by atoms with Gasteiger partial charge in [0.1, 0.15) is 5.02 Å². The lowest BCUT2D eigenvalue weighted by Crippen LogP contribution is -2.21. The van der Waals surface area contributed by atoms with E-state index in [1.807, 2.05) is 12.1 Å². The number of nitrogens with zero attached hydrogens (tertiary/aromatic N) is 2. The fourth-order valence-electron chi connectivity index (χ4n) is 1.96. The zero-order valence-electron chi connectivity index (χ0n) is 11.1. The molecule has 0 atom stereocenters. The normalized spacial score (nSPS) is 10.9. The highest BCUT2D eigenvalue weighted by molar-refractivity contribution is 7.09. The van der Waals surface area contributed by atoms with E-state index in [4.69, 9.17) is 11.6 Å². The fraction of sp³-hybridized carbons (Fsp3) is 0.286. The maximum absolute atomic E-state index is 10.9. The predicted molar refractivity (Wildman–Crippen MR) is 82.2 cm³/mol. The van der Waals surface area contributed by atoms with Crippen LogP contribution < -0.4 is 0 Å². The fourth-order valence-corrected chi connectivity index (χ4v) is 2.89. The number of halogens is 1. The van der Waals surface area contributed by atoms with Crippen molar-refractivity contribution in [3.05, 3.63) is 61.3 Å². The lowest BCUT2D eigenvalue weighted by molar-refractivity contribution is -0.384. The van der Waals surface area contributed by atoms with E-state index in [1.54, 1.807) is 23.5 Å². The molecule has 2 rings (SSSR count). The van der Waals surface area contributed by atoms with E-state index >= 15 is 0 Å². The third-order valence-corrected chi connectivity index (χ3v) is 4.20. The first-order chi connectivity index (χ1) is 9.60. The van der Waals surface area contributed by atoms with Gasteiger partial charge in [-0.2, -0.15) is 0 Å². The Bertz CT molecular complexity index is 587. The Kier molecular flexibility index (Phi) is 5.11. The smallest absolute Gasteiger partial charge is 0.288 e. The topological polar surface area (TPSA) is 46.4 Å². The Labute approximate surface area is 126 Å². The number of hydrogen-bond donors (Lipinski definition) is 0. The number of rotatable bonds is 6. The highest BCUT2D eigenvalue weighted by atomic mass is 35.5. The Morgan fingerprint density at radius 1 is 1.35 bits per heavy atom. The summed E-state index contributed by atoms with van der Waals surface area (Å²) in [4.78, 5) is 14.0. The molecule has 0 saturated carbocycles. The van der Waals surface area contributed by atoms with Crippen molar-refractivity contribution >= 4 is 28.6 Å². The van der Waals surface area contributed by atoms with Crippen molar-refractivity contribution in [3.8, 4) is 0 Å². The van der Waals surface area contributed by atoms with Crippen molar-refractivity contribution in [1.29, 1.82) is 0 Å². The Balaban J connectivity index is 2.11. The number of thiophene rings is 1. The monoisotopic (exact) mass is 310 g/mol. The van der Waals surface area contributed by atoms with Crippen LogP contribution in [0.1, 0.15) is 17.4 Å². The van der Waals surface area contributed by atoms with Crippen LogP contribution >= 0.6 is 22.9 Å². The van der Waals surface area contributed by atoms with Crippen LogP contribution in [-0.4, -0.2) is 16.4 Å². The van der Waals surface area contributed by atoms with Crippen molar-refractivity contribution in [2.75, 3.05) is 6.54 Å². The van der Waals surface area contributed by atoms with Gasteiger partial charge in [-0.25, -0.2) is 0 Å². The molecule has 1 aromatic carbocycles. The molecule has 106 valence electrons. The Morgan fingerprint density at radius 3 is 2.75 bits per heavy atom. The quantitative estimate of drug-likeness (QED) is 0.589. The van der Waals surface area contributed by atoms with Gasteiger partial charge in [0, 0.05) is 24.0 Å². The van der Waals surface area contributed by atoms with E-state index in [0.717, 1.165) is 18.7 Å². The van der Waals surface area contributed by atoms with E-state index in [0.29, 0.717) is 6.54 Å². The van der Waals surface area contributed by atoms with Crippen LogP contribution in [0, 0.1) is 10.1 Å². The van der Waals surface area contributed by atoms with E-state index in [2.05, 4.69) is 23.3 Å². The molecule has 20 heavy (non-hydrogen) atoms. The largest absolute Gasteiger partial charge is 0.294 e. The molecule has 0 aliphatic heterocycles. The zero-order chi connectivity index (χ0) is 14.5. The summed E-state index contributed by atoms with van der Waals surface area (Å²) in [6, 6.07) is 9.11. The second-order valence-electron chi connectivity index (χ2n) is 4.43. The molecular weight excluding hydrogens is 296 g/mol. The maximum Gasteiger partial charge on any atom is 0.288 e. The van der Waals surface area contributed by atoms with Gasteiger partial charge in [-0.3, -0.25) is 15.0 Å². The van der Waals surface area contributed by atoms with Crippen molar-refractivity contribution in [3.63, 3.8) is 0 Å². The van der Waals surface area contributed by atoms with Gasteiger partial charge in [0.25, 0.3) is 5.69 Å². The molecule has 0 fully saturated rings. The van der Waals surface area contributed by atoms with Crippen LogP contribution in [0.3, 0.4) is 0 Å². The predicted octanol–water partition coefficient (Wildman–Crippen LogP) is 4.33. The van der Waals surface area contributed by atoms with Gasteiger partial charge >= 0.3 is 0 Å². The van der Waals surface area contributed by atoms with Gasteiger partial charge < -0.3 is 0 Å². The minimum absolute atomic E-state index is 0.0312. The van der Waals surface area contributed by atoms with E-state index in [1.165, 1.54) is 4.88 Å². The molecular formula is C14H15ClN2O2S. The summed E-state index contributed by atoms with van der Waals surface area (Å²) >= 11 is 7.54. The highest BCUT2D eigenvalue weighted by Gasteiger charge is 2.14. The maximum atomic E-state index is 10.9. The minimum atomic E-state index is -0.443. The summed E-state index contributed by atoms with van der Waals surface area (Å²) in [6.45, 7) is 4.49. The van der Waals surface area contributed by atoms with E-state index in [9.17, 15) is 10.1 Å². The van der Waals surface area contributed by atoms with Crippen LogP contribution in [0.15, 0.2) is 35.7 Å². The molecule has 0 aliphatic rings. The molecule has 6 heteroatoms. The summed E-state index contributed by atoms with van der Waals surface area (Å²) in [5, 5.41) is 13.1. The Morgan fingerprint density at radius 2 is 2.15 bits per heavy atom.